The lowest BCUT2D eigenvalue weighted by molar-refractivity contribution is 0.624. The van der Waals surface area contributed by atoms with Gasteiger partial charge in [0.2, 0.25) is 0 Å². The lowest BCUT2D eigenvalue weighted by atomic mass is 9.67. The molecule has 5 heteroatoms. The predicted octanol–water partition coefficient (Wildman–Crippen LogP) is 24.6. The lowest BCUT2D eigenvalue weighted by Gasteiger charge is -2.35. The minimum Gasteiger partial charge on any atom is -0.310 e. The number of hydrogen-bond donors (Lipinski definition) is 0. The van der Waals surface area contributed by atoms with E-state index in [2.05, 4.69) is 302 Å². The van der Waals surface area contributed by atoms with Gasteiger partial charge in [-0.05, 0) is 209 Å². The Morgan fingerprint density at radius 2 is 0.579 bits per heavy atom. The van der Waals surface area contributed by atoms with Gasteiger partial charge >= 0.3 is 0 Å². The number of fused-ring (bicyclic) bond motifs is 9. The first-order valence-corrected chi connectivity index (χ1v) is 32.9. The van der Waals surface area contributed by atoms with Crippen LogP contribution in [0.3, 0.4) is 0 Å². The van der Waals surface area contributed by atoms with Crippen LogP contribution in [0.2, 0.25) is 0 Å². The number of anilines is 6. The first-order chi connectivity index (χ1) is 46.8. The summed E-state index contributed by atoms with van der Waals surface area (Å²) >= 11 is 1.80. The molecular weight excluding hydrogens is 1180 g/mol. The molecule has 2 unspecified atom stereocenters. The zero-order chi connectivity index (χ0) is 63.8. The molecular formula is C90H60F2N2S. The van der Waals surface area contributed by atoms with Crippen molar-refractivity contribution in [3.8, 4) is 44.5 Å². The molecule has 2 aliphatic rings. The highest BCUT2D eigenvalue weighted by Gasteiger charge is 2.48. The van der Waals surface area contributed by atoms with Gasteiger partial charge < -0.3 is 9.80 Å². The molecule has 0 amide bonds. The molecule has 2 nitrogen and oxygen atoms in total. The monoisotopic (exact) mass is 1240 g/mol. The third-order valence-electron chi connectivity index (χ3n) is 19.7. The molecule has 1 heterocycles. The van der Waals surface area contributed by atoms with Gasteiger partial charge in [-0.3, -0.25) is 0 Å². The largest absolute Gasteiger partial charge is 0.310 e. The van der Waals surface area contributed by atoms with Crippen molar-refractivity contribution in [2.24, 2.45) is 0 Å². The summed E-state index contributed by atoms with van der Waals surface area (Å²) in [5.74, 6) is -0.558. The van der Waals surface area contributed by atoms with Crippen LogP contribution in [0, 0.1) is 11.6 Å². The minimum atomic E-state index is -0.798. The molecule has 0 spiro atoms. The average Bonchev–Trinajstić information content (AvgIpc) is 1.57. The van der Waals surface area contributed by atoms with Crippen LogP contribution in [0.1, 0.15) is 55.6 Å². The summed E-state index contributed by atoms with van der Waals surface area (Å²) in [7, 11) is 0. The van der Waals surface area contributed by atoms with E-state index in [-0.39, 0.29) is 11.6 Å². The molecule has 1 aromatic heterocycles. The number of halogens is 2. The Labute approximate surface area is 556 Å². The molecule has 0 radical (unpaired) electrons. The topological polar surface area (TPSA) is 6.48 Å². The number of hydrogen-bond acceptors (Lipinski definition) is 3. The second-order valence-electron chi connectivity index (χ2n) is 24.7. The Morgan fingerprint density at radius 1 is 0.274 bits per heavy atom. The van der Waals surface area contributed by atoms with Crippen LogP contribution in [-0.2, 0) is 10.8 Å². The molecule has 17 rings (SSSR count). The Kier molecular flexibility index (Phi) is 13.9. The number of para-hydroxylation sites is 2. The zero-order valence-electron chi connectivity index (χ0n) is 51.8. The van der Waals surface area contributed by atoms with Crippen LogP contribution in [0.15, 0.2) is 341 Å². The standard InChI is InChI=1S/C90H60F2N2S/c1-3-59-23-27-61(28-24-59)63-31-35-65(36-32-63)89(67-39-43-69(91)44-40-67)83-21-13-11-19-77(83)79-51-47-75(57-85(79)89)93(71-15-7-5-8-16-71)73-49-53-87-81(55-73)82-56-74(50-54-88(82)95-87)94(72-17-9-6-10-18-72)76-48-52-80-78-20-12-14-22-84(78)90(86(80)58-76,68-41-45-70(92)46-42-68)66-37-33-64(34-38-66)62-29-25-60(4-2)26-30-62/h3-58H,1-2H2. The van der Waals surface area contributed by atoms with E-state index in [0.717, 1.165) is 145 Å². The third-order valence-corrected chi connectivity index (χ3v) is 20.9. The van der Waals surface area contributed by atoms with Gasteiger partial charge in [-0.15, -0.1) is 11.3 Å². The van der Waals surface area contributed by atoms with Crippen LogP contribution >= 0.6 is 11.3 Å². The van der Waals surface area contributed by atoms with Crippen LogP contribution in [0.25, 0.3) is 76.8 Å². The molecule has 0 aliphatic heterocycles. The van der Waals surface area contributed by atoms with Crippen molar-refractivity contribution in [2.75, 3.05) is 9.80 Å². The fraction of sp³-hybridized carbons (Fsp3) is 0.0222. The van der Waals surface area contributed by atoms with Crippen LogP contribution < -0.4 is 9.80 Å². The van der Waals surface area contributed by atoms with Crippen molar-refractivity contribution >= 4 is 77.8 Å². The number of nitrogens with zero attached hydrogens (tertiary/aromatic N) is 2. The zero-order valence-corrected chi connectivity index (χ0v) is 52.6. The summed E-state index contributed by atoms with van der Waals surface area (Å²) in [5, 5.41) is 2.29. The van der Waals surface area contributed by atoms with Crippen LogP contribution in [0.5, 0.6) is 0 Å². The van der Waals surface area contributed by atoms with E-state index in [9.17, 15) is 0 Å². The quantitative estimate of drug-likeness (QED) is 0.107. The van der Waals surface area contributed by atoms with Gasteiger partial charge in [-0.2, -0.15) is 0 Å². The predicted molar refractivity (Wildman–Crippen MR) is 394 cm³/mol. The molecule has 2 aliphatic carbocycles. The van der Waals surface area contributed by atoms with Gasteiger partial charge in [-0.25, -0.2) is 8.78 Å². The fourth-order valence-corrected chi connectivity index (χ4v) is 16.4. The van der Waals surface area contributed by atoms with Gasteiger partial charge in [0.15, 0.2) is 0 Å². The Hall–Kier alpha value is -11.8. The molecule has 0 saturated carbocycles. The molecule has 450 valence electrons. The molecule has 0 saturated heterocycles. The first kappa shape index (κ1) is 57.2. The van der Waals surface area contributed by atoms with Gasteiger partial charge in [0.1, 0.15) is 11.6 Å². The molecule has 14 aromatic carbocycles. The maximum atomic E-state index is 15.2. The number of rotatable bonds is 14. The van der Waals surface area contributed by atoms with Crippen molar-refractivity contribution in [3.63, 3.8) is 0 Å². The maximum absolute atomic E-state index is 15.2. The summed E-state index contributed by atoms with van der Waals surface area (Å²) in [6, 6.07) is 115. The average molecular weight is 1240 g/mol. The van der Waals surface area contributed by atoms with Crippen molar-refractivity contribution in [2.45, 2.75) is 10.8 Å². The molecule has 0 fully saturated rings. The van der Waals surface area contributed by atoms with Crippen molar-refractivity contribution in [1.82, 2.24) is 0 Å². The molecule has 0 N–H and O–H groups in total. The summed E-state index contributed by atoms with van der Waals surface area (Å²) in [6.45, 7) is 7.94. The normalized spacial score (nSPS) is 15.0. The summed E-state index contributed by atoms with van der Waals surface area (Å²) in [4.78, 5) is 4.75. The SMILES string of the molecule is C=Cc1ccc(-c2ccc(C3(c4ccc(F)cc4)c4ccccc4-c4ccc(N(c5ccccc5)c5ccc6sc7ccc(N(c8ccccc8)c8ccc9c(c8)C(c8ccc(F)cc8)(c8ccc(-c%10ccc(C=C)cc%10)cc8)c8ccccc8-9)cc7c6c5)cc43)cc2)cc1. The Bertz CT molecular complexity index is 5110. The molecule has 95 heavy (non-hydrogen) atoms. The second-order valence-corrected chi connectivity index (χ2v) is 25.8. The lowest BCUT2D eigenvalue weighted by Crippen LogP contribution is -2.29. The van der Waals surface area contributed by atoms with E-state index < -0.39 is 10.8 Å². The van der Waals surface area contributed by atoms with E-state index in [1.54, 1.807) is 35.6 Å². The van der Waals surface area contributed by atoms with Gasteiger partial charge in [0.05, 0.1) is 10.8 Å². The molecule has 15 aromatic rings. The fourth-order valence-electron chi connectivity index (χ4n) is 15.3. The van der Waals surface area contributed by atoms with E-state index in [1.807, 2.05) is 36.4 Å². The van der Waals surface area contributed by atoms with Gasteiger partial charge in [0, 0.05) is 54.3 Å². The highest BCUT2D eigenvalue weighted by atomic mass is 32.1. The van der Waals surface area contributed by atoms with Crippen LogP contribution in [-0.4, -0.2) is 0 Å². The van der Waals surface area contributed by atoms with E-state index in [1.165, 1.54) is 9.40 Å². The van der Waals surface area contributed by atoms with E-state index in [4.69, 9.17) is 0 Å². The number of benzene rings is 14. The molecule has 2 atom stereocenters. The summed E-state index contributed by atoms with van der Waals surface area (Å²) in [5.41, 5.74) is 24.3. The van der Waals surface area contributed by atoms with E-state index in [0.29, 0.717) is 0 Å². The number of thiophene rings is 1. The van der Waals surface area contributed by atoms with Crippen molar-refractivity contribution in [3.05, 3.63) is 408 Å². The summed E-state index contributed by atoms with van der Waals surface area (Å²) in [6.07, 6.45) is 3.73. The minimum absolute atomic E-state index is 0.279. The highest BCUT2D eigenvalue weighted by molar-refractivity contribution is 7.25. The van der Waals surface area contributed by atoms with Crippen molar-refractivity contribution in [1.29, 1.82) is 0 Å². The maximum Gasteiger partial charge on any atom is 0.123 e. The van der Waals surface area contributed by atoms with Gasteiger partial charge in [0.25, 0.3) is 0 Å². The third kappa shape index (κ3) is 9.33. The second kappa shape index (κ2) is 23.1. The smallest absolute Gasteiger partial charge is 0.123 e. The first-order valence-electron chi connectivity index (χ1n) is 32.1. The van der Waals surface area contributed by atoms with Crippen molar-refractivity contribution < 1.29 is 8.78 Å². The Balaban J connectivity index is 0.812. The summed E-state index contributed by atoms with van der Waals surface area (Å²) < 4.78 is 32.8. The van der Waals surface area contributed by atoms with Crippen LogP contribution in [0.4, 0.5) is 42.9 Å². The molecule has 0 bridgehead atoms. The highest BCUT2D eigenvalue weighted by Crippen LogP contribution is 2.60. The Morgan fingerprint density at radius 3 is 0.947 bits per heavy atom. The van der Waals surface area contributed by atoms with Gasteiger partial charge in [-0.1, -0.05) is 244 Å². The van der Waals surface area contributed by atoms with E-state index >= 15 is 8.78 Å².